The second kappa shape index (κ2) is 5.19. The number of pyridine rings is 1. The molecule has 0 radical (unpaired) electrons. The summed E-state index contributed by atoms with van der Waals surface area (Å²) < 4.78 is 5.30. The molecule has 0 fully saturated rings. The summed E-state index contributed by atoms with van der Waals surface area (Å²) in [7, 11) is 1.66. The molecule has 3 aromatic rings. The summed E-state index contributed by atoms with van der Waals surface area (Å²) in [4.78, 5) is 4.34. The number of methoxy groups -OCH3 is 1. The fraction of sp³-hybridized carbons (Fsp3) is 0.167. The first-order valence-electron chi connectivity index (χ1n) is 6.89. The number of aromatic nitrogens is 1. The van der Waals surface area contributed by atoms with E-state index in [0.29, 0.717) is 0 Å². The molecule has 0 bridgehead atoms. The first kappa shape index (κ1) is 13.6. The topological polar surface area (TPSA) is 48.1 Å². The summed E-state index contributed by atoms with van der Waals surface area (Å²) in [6.45, 7) is 2.01. The molecule has 0 aliphatic rings. The van der Waals surface area contributed by atoms with Crippen LogP contribution in [0.4, 0.5) is 0 Å². The van der Waals surface area contributed by atoms with Crippen LogP contribution in [0.5, 0.6) is 5.75 Å². The minimum absolute atomic E-state index is 0.637. The molecular weight excluding hydrogens is 260 g/mol. The van der Waals surface area contributed by atoms with Crippen molar-refractivity contribution >= 4 is 10.8 Å². The number of nitrogens with two attached hydrogens (primary N) is 1. The van der Waals surface area contributed by atoms with E-state index in [4.69, 9.17) is 10.5 Å². The van der Waals surface area contributed by atoms with Crippen LogP contribution in [0, 0.1) is 0 Å². The number of rotatable bonds is 3. The second-order valence-electron chi connectivity index (χ2n) is 5.34. The largest absolute Gasteiger partial charge is 0.497 e. The Hall–Kier alpha value is -2.39. The van der Waals surface area contributed by atoms with E-state index >= 15 is 0 Å². The second-order valence-corrected chi connectivity index (χ2v) is 5.34. The van der Waals surface area contributed by atoms with Crippen LogP contribution in [0.1, 0.15) is 18.1 Å². The Labute approximate surface area is 124 Å². The SMILES string of the molecule is COc1cccc(C(C)(N)c2cncc3ccccc23)c1. The Morgan fingerprint density at radius 1 is 1.05 bits per heavy atom. The first-order chi connectivity index (χ1) is 10.1. The van der Waals surface area contributed by atoms with E-state index in [-0.39, 0.29) is 0 Å². The zero-order valence-electron chi connectivity index (χ0n) is 12.2. The van der Waals surface area contributed by atoms with Gasteiger partial charge >= 0.3 is 0 Å². The summed E-state index contributed by atoms with van der Waals surface area (Å²) in [6.07, 6.45) is 3.71. The lowest BCUT2D eigenvalue weighted by atomic mass is 9.84. The average molecular weight is 278 g/mol. The molecule has 1 unspecified atom stereocenters. The predicted molar refractivity (Wildman–Crippen MR) is 85.4 cm³/mol. The standard InChI is InChI=1S/C18H18N2O/c1-18(19,14-7-5-8-15(10-14)21-2)17-12-20-11-13-6-3-4-9-16(13)17/h3-12H,19H2,1-2H3. The Morgan fingerprint density at radius 3 is 2.67 bits per heavy atom. The molecule has 1 heterocycles. The van der Waals surface area contributed by atoms with E-state index in [1.165, 1.54) is 0 Å². The van der Waals surface area contributed by atoms with Gasteiger partial charge in [-0.1, -0.05) is 36.4 Å². The number of fused-ring (bicyclic) bond motifs is 1. The van der Waals surface area contributed by atoms with E-state index in [1.54, 1.807) is 7.11 Å². The third-order valence-corrected chi connectivity index (χ3v) is 3.90. The maximum atomic E-state index is 6.65. The molecule has 3 nitrogen and oxygen atoms in total. The van der Waals surface area contributed by atoms with Crippen molar-refractivity contribution in [2.45, 2.75) is 12.5 Å². The highest BCUT2D eigenvalue weighted by Crippen LogP contribution is 2.32. The zero-order valence-corrected chi connectivity index (χ0v) is 12.2. The smallest absolute Gasteiger partial charge is 0.119 e. The van der Waals surface area contributed by atoms with Crippen LogP contribution >= 0.6 is 0 Å². The highest BCUT2D eigenvalue weighted by Gasteiger charge is 2.26. The van der Waals surface area contributed by atoms with Crippen LogP contribution in [0.3, 0.4) is 0 Å². The molecule has 0 amide bonds. The van der Waals surface area contributed by atoms with Crippen LogP contribution in [0.25, 0.3) is 10.8 Å². The first-order valence-corrected chi connectivity index (χ1v) is 6.89. The fourth-order valence-electron chi connectivity index (χ4n) is 2.63. The summed E-state index contributed by atoms with van der Waals surface area (Å²) in [5, 5.41) is 2.22. The summed E-state index contributed by atoms with van der Waals surface area (Å²) in [5.74, 6) is 0.803. The van der Waals surface area contributed by atoms with Crippen molar-refractivity contribution in [2.75, 3.05) is 7.11 Å². The Balaban J connectivity index is 2.19. The van der Waals surface area contributed by atoms with Crippen molar-refractivity contribution in [1.29, 1.82) is 0 Å². The molecule has 2 aromatic carbocycles. The van der Waals surface area contributed by atoms with Gasteiger partial charge in [0.05, 0.1) is 12.6 Å². The van der Waals surface area contributed by atoms with Crippen molar-refractivity contribution < 1.29 is 4.74 Å². The fourth-order valence-corrected chi connectivity index (χ4v) is 2.63. The highest BCUT2D eigenvalue weighted by molar-refractivity contribution is 5.86. The Bertz CT molecular complexity index is 776. The molecule has 21 heavy (non-hydrogen) atoms. The van der Waals surface area contributed by atoms with E-state index in [9.17, 15) is 0 Å². The van der Waals surface area contributed by atoms with Gasteiger partial charge in [-0.05, 0) is 30.0 Å². The maximum Gasteiger partial charge on any atom is 0.119 e. The maximum absolute atomic E-state index is 6.65. The van der Waals surface area contributed by atoms with E-state index in [0.717, 1.165) is 27.6 Å². The van der Waals surface area contributed by atoms with Crippen LogP contribution in [0.2, 0.25) is 0 Å². The lowest BCUT2D eigenvalue weighted by molar-refractivity contribution is 0.413. The van der Waals surface area contributed by atoms with Crippen LogP contribution in [0.15, 0.2) is 60.9 Å². The normalized spacial score (nSPS) is 13.9. The molecule has 3 rings (SSSR count). The minimum Gasteiger partial charge on any atom is -0.497 e. The van der Waals surface area contributed by atoms with Crippen LogP contribution in [-0.2, 0) is 5.54 Å². The molecule has 2 N–H and O–H groups in total. The molecule has 106 valence electrons. The quantitative estimate of drug-likeness (QED) is 0.798. The van der Waals surface area contributed by atoms with Gasteiger partial charge in [0.2, 0.25) is 0 Å². The van der Waals surface area contributed by atoms with Crippen molar-refractivity contribution in [3.8, 4) is 5.75 Å². The molecule has 1 aromatic heterocycles. The Morgan fingerprint density at radius 2 is 1.86 bits per heavy atom. The van der Waals surface area contributed by atoms with E-state index in [2.05, 4.69) is 11.1 Å². The molecule has 0 aliphatic carbocycles. The highest BCUT2D eigenvalue weighted by atomic mass is 16.5. The van der Waals surface area contributed by atoms with Crippen molar-refractivity contribution in [3.63, 3.8) is 0 Å². The van der Waals surface area contributed by atoms with Gasteiger partial charge in [-0.2, -0.15) is 0 Å². The van der Waals surface area contributed by atoms with Gasteiger partial charge < -0.3 is 10.5 Å². The Kier molecular flexibility index (Phi) is 3.35. The van der Waals surface area contributed by atoms with Gasteiger partial charge in [0.1, 0.15) is 5.75 Å². The van der Waals surface area contributed by atoms with Crippen LogP contribution < -0.4 is 10.5 Å². The number of ether oxygens (including phenoxy) is 1. The monoisotopic (exact) mass is 278 g/mol. The molecular formula is C18H18N2O. The molecule has 0 saturated carbocycles. The zero-order chi connectivity index (χ0) is 14.9. The molecule has 0 aliphatic heterocycles. The van der Waals surface area contributed by atoms with Gasteiger partial charge in [0.25, 0.3) is 0 Å². The molecule has 3 heteroatoms. The van der Waals surface area contributed by atoms with Crippen molar-refractivity contribution in [3.05, 3.63) is 72.1 Å². The third-order valence-electron chi connectivity index (χ3n) is 3.90. The number of benzene rings is 2. The van der Waals surface area contributed by atoms with Gasteiger partial charge in [-0.3, -0.25) is 4.98 Å². The molecule has 0 spiro atoms. The van der Waals surface area contributed by atoms with Gasteiger partial charge in [-0.15, -0.1) is 0 Å². The van der Waals surface area contributed by atoms with Crippen LogP contribution in [-0.4, -0.2) is 12.1 Å². The average Bonchev–Trinajstić information content (AvgIpc) is 2.54. The molecule has 0 saturated heterocycles. The predicted octanol–water partition coefficient (Wildman–Crippen LogP) is 3.47. The molecule has 1 atom stereocenters. The minimum atomic E-state index is -0.637. The van der Waals surface area contributed by atoms with Crippen molar-refractivity contribution in [1.82, 2.24) is 4.98 Å². The number of hydrogen-bond donors (Lipinski definition) is 1. The summed E-state index contributed by atoms with van der Waals surface area (Å²) >= 11 is 0. The number of nitrogens with zero attached hydrogens (tertiary/aromatic N) is 1. The lowest BCUT2D eigenvalue weighted by Crippen LogP contribution is -2.34. The van der Waals surface area contributed by atoms with Gasteiger partial charge in [0, 0.05) is 23.3 Å². The van der Waals surface area contributed by atoms with E-state index in [1.807, 2.05) is 61.8 Å². The third kappa shape index (κ3) is 2.36. The van der Waals surface area contributed by atoms with Gasteiger partial charge in [0.15, 0.2) is 0 Å². The summed E-state index contributed by atoms with van der Waals surface area (Å²) in [5.41, 5.74) is 8.03. The summed E-state index contributed by atoms with van der Waals surface area (Å²) in [6, 6.07) is 16.0. The lowest BCUT2D eigenvalue weighted by Gasteiger charge is -2.27. The van der Waals surface area contributed by atoms with E-state index < -0.39 is 5.54 Å². The number of hydrogen-bond acceptors (Lipinski definition) is 3. The van der Waals surface area contributed by atoms with Gasteiger partial charge in [-0.25, -0.2) is 0 Å². The van der Waals surface area contributed by atoms with Crippen molar-refractivity contribution in [2.24, 2.45) is 5.73 Å².